The first-order valence-electron chi connectivity index (χ1n) is 7.46. The summed E-state index contributed by atoms with van der Waals surface area (Å²) in [7, 11) is 0. The highest BCUT2D eigenvalue weighted by Crippen LogP contribution is 2.16. The van der Waals surface area contributed by atoms with E-state index in [4.69, 9.17) is 4.74 Å². The van der Waals surface area contributed by atoms with E-state index in [1.54, 1.807) is 4.90 Å². The van der Waals surface area contributed by atoms with E-state index in [0.29, 0.717) is 0 Å². The Labute approximate surface area is 125 Å². The predicted molar refractivity (Wildman–Crippen MR) is 82.8 cm³/mol. The summed E-state index contributed by atoms with van der Waals surface area (Å²) < 4.78 is 6.84. The van der Waals surface area contributed by atoms with Crippen molar-refractivity contribution in [1.82, 2.24) is 0 Å². The Bertz CT molecular complexity index is 358. The monoisotopic (exact) mass is 326 g/mol. The average molecular weight is 327 g/mol. The second-order valence-electron chi connectivity index (χ2n) is 5.69. The van der Waals surface area contributed by atoms with Crippen LogP contribution in [0.1, 0.15) is 32.6 Å². The average Bonchev–Trinajstić information content (AvgIpc) is 2.43. The van der Waals surface area contributed by atoms with Crippen LogP contribution in [-0.2, 0) is 0 Å². The normalized spacial score (nSPS) is 23.3. The number of hydrogen-bond acceptors (Lipinski definition) is 1. The molecule has 1 aliphatic heterocycles. The lowest BCUT2D eigenvalue weighted by Crippen LogP contribution is -3.13. The van der Waals surface area contributed by atoms with Gasteiger partial charge in [0.25, 0.3) is 0 Å². The van der Waals surface area contributed by atoms with Crippen molar-refractivity contribution in [2.45, 2.75) is 32.6 Å². The third-order valence-corrected chi connectivity index (χ3v) is 4.52. The first-order chi connectivity index (χ1) is 9.24. The molecule has 1 aliphatic rings. The molecule has 1 N–H and O–H groups in total. The maximum atomic E-state index is 5.74. The molecule has 0 spiro atoms. The lowest BCUT2D eigenvalue weighted by atomic mass is 9.99. The first kappa shape index (κ1) is 14.9. The van der Waals surface area contributed by atoms with E-state index in [1.165, 1.54) is 38.9 Å². The number of halogens is 1. The van der Waals surface area contributed by atoms with Crippen molar-refractivity contribution in [3.8, 4) is 5.75 Å². The van der Waals surface area contributed by atoms with Gasteiger partial charge < -0.3 is 9.64 Å². The molecular formula is C16H25BrNO+. The molecule has 2 nitrogen and oxygen atoms in total. The van der Waals surface area contributed by atoms with Crippen LogP contribution in [0.25, 0.3) is 0 Å². The summed E-state index contributed by atoms with van der Waals surface area (Å²) in [5.74, 6) is 1.92. The van der Waals surface area contributed by atoms with Gasteiger partial charge in [0.1, 0.15) is 5.75 Å². The summed E-state index contributed by atoms with van der Waals surface area (Å²) >= 11 is 3.43. The Hall–Kier alpha value is -0.540. The molecule has 1 aromatic carbocycles. The SMILES string of the molecule is CC1CC[NH+](CCCCOc2ccc(Br)cc2)CC1. The summed E-state index contributed by atoms with van der Waals surface area (Å²) in [6.07, 6.45) is 5.25. The van der Waals surface area contributed by atoms with Crippen molar-refractivity contribution in [2.75, 3.05) is 26.2 Å². The third kappa shape index (κ3) is 5.53. The number of quaternary nitrogens is 1. The van der Waals surface area contributed by atoms with Gasteiger partial charge in [0.15, 0.2) is 0 Å². The van der Waals surface area contributed by atoms with Gasteiger partial charge in [-0.3, -0.25) is 0 Å². The molecule has 0 aliphatic carbocycles. The zero-order valence-corrected chi connectivity index (χ0v) is 13.4. The Morgan fingerprint density at radius 1 is 1.16 bits per heavy atom. The van der Waals surface area contributed by atoms with Crippen LogP contribution in [0.15, 0.2) is 28.7 Å². The van der Waals surface area contributed by atoms with Gasteiger partial charge >= 0.3 is 0 Å². The number of unbranched alkanes of at least 4 members (excludes halogenated alkanes) is 1. The molecule has 1 saturated heterocycles. The van der Waals surface area contributed by atoms with E-state index in [2.05, 4.69) is 22.9 Å². The standard InChI is InChI=1S/C16H24BrNO/c1-14-8-11-18(12-9-14)10-2-3-13-19-16-6-4-15(17)5-7-16/h4-7,14H,2-3,8-13H2,1H3/p+1. The number of hydrogen-bond donors (Lipinski definition) is 1. The van der Waals surface area contributed by atoms with Crippen LogP contribution < -0.4 is 9.64 Å². The van der Waals surface area contributed by atoms with Crippen molar-refractivity contribution in [1.29, 1.82) is 0 Å². The number of rotatable bonds is 6. The Morgan fingerprint density at radius 3 is 2.53 bits per heavy atom. The molecule has 0 aromatic heterocycles. The van der Waals surface area contributed by atoms with Crippen molar-refractivity contribution in [3.05, 3.63) is 28.7 Å². The van der Waals surface area contributed by atoms with E-state index in [9.17, 15) is 0 Å². The number of benzene rings is 1. The second kappa shape index (κ2) is 7.91. The van der Waals surface area contributed by atoms with Gasteiger partial charge in [0.05, 0.1) is 26.2 Å². The van der Waals surface area contributed by atoms with E-state index in [0.717, 1.165) is 29.2 Å². The van der Waals surface area contributed by atoms with E-state index in [-0.39, 0.29) is 0 Å². The predicted octanol–water partition coefficient (Wildman–Crippen LogP) is 2.92. The Kier molecular flexibility index (Phi) is 6.18. The zero-order valence-electron chi connectivity index (χ0n) is 11.8. The summed E-state index contributed by atoms with van der Waals surface area (Å²) in [5, 5.41) is 0. The number of piperidine rings is 1. The van der Waals surface area contributed by atoms with Crippen LogP contribution in [0, 0.1) is 5.92 Å². The van der Waals surface area contributed by atoms with Gasteiger partial charge in [-0.05, 0) is 55.9 Å². The van der Waals surface area contributed by atoms with Gasteiger partial charge in [-0.1, -0.05) is 22.9 Å². The van der Waals surface area contributed by atoms with Crippen LogP contribution in [0.3, 0.4) is 0 Å². The highest BCUT2D eigenvalue weighted by Gasteiger charge is 2.17. The minimum atomic E-state index is 0.839. The van der Waals surface area contributed by atoms with Crippen LogP contribution in [0.2, 0.25) is 0 Å². The van der Waals surface area contributed by atoms with E-state index in [1.807, 2.05) is 24.3 Å². The summed E-state index contributed by atoms with van der Waals surface area (Å²) in [4.78, 5) is 1.79. The lowest BCUT2D eigenvalue weighted by Gasteiger charge is -2.27. The maximum absolute atomic E-state index is 5.74. The van der Waals surface area contributed by atoms with Crippen molar-refractivity contribution in [2.24, 2.45) is 5.92 Å². The third-order valence-electron chi connectivity index (χ3n) is 3.99. The molecule has 19 heavy (non-hydrogen) atoms. The van der Waals surface area contributed by atoms with Gasteiger partial charge in [0.2, 0.25) is 0 Å². The van der Waals surface area contributed by atoms with E-state index >= 15 is 0 Å². The number of ether oxygens (including phenoxy) is 1. The highest BCUT2D eigenvalue weighted by molar-refractivity contribution is 9.10. The smallest absolute Gasteiger partial charge is 0.119 e. The molecule has 0 saturated carbocycles. The van der Waals surface area contributed by atoms with Gasteiger partial charge in [-0.2, -0.15) is 0 Å². The molecule has 1 aromatic rings. The molecular weight excluding hydrogens is 302 g/mol. The fraction of sp³-hybridized carbons (Fsp3) is 0.625. The number of likely N-dealkylation sites (tertiary alicyclic amines) is 1. The zero-order chi connectivity index (χ0) is 13.5. The second-order valence-corrected chi connectivity index (χ2v) is 6.61. The fourth-order valence-corrected chi connectivity index (χ4v) is 2.88. The minimum Gasteiger partial charge on any atom is -0.494 e. The fourth-order valence-electron chi connectivity index (χ4n) is 2.62. The van der Waals surface area contributed by atoms with Crippen molar-refractivity contribution < 1.29 is 9.64 Å². The molecule has 3 heteroatoms. The van der Waals surface area contributed by atoms with Crippen molar-refractivity contribution >= 4 is 15.9 Å². The molecule has 1 fully saturated rings. The molecule has 0 radical (unpaired) electrons. The minimum absolute atomic E-state index is 0.839. The van der Waals surface area contributed by atoms with Gasteiger partial charge in [-0.25, -0.2) is 0 Å². The van der Waals surface area contributed by atoms with Crippen LogP contribution in [0.4, 0.5) is 0 Å². The molecule has 2 rings (SSSR count). The molecule has 106 valence electrons. The van der Waals surface area contributed by atoms with Crippen LogP contribution in [0.5, 0.6) is 5.75 Å². The topological polar surface area (TPSA) is 13.7 Å². The molecule has 1 heterocycles. The summed E-state index contributed by atoms with van der Waals surface area (Å²) in [5.41, 5.74) is 0. The highest BCUT2D eigenvalue weighted by atomic mass is 79.9. The lowest BCUT2D eigenvalue weighted by molar-refractivity contribution is -0.906. The molecule has 0 atom stereocenters. The Balaban J connectivity index is 1.53. The van der Waals surface area contributed by atoms with Crippen molar-refractivity contribution in [3.63, 3.8) is 0 Å². The maximum Gasteiger partial charge on any atom is 0.119 e. The summed E-state index contributed by atoms with van der Waals surface area (Å²) in [6.45, 7) is 7.27. The Morgan fingerprint density at radius 2 is 1.84 bits per heavy atom. The first-order valence-corrected chi connectivity index (χ1v) is 8.25. The largest absolute Gasteiger partial charge is 0.494 e. The molecule has 0 unspecified atom stereocenters. The quantitative estimate of drug-likeness (QED) is 0.793. The van der Waals surface area contributed by atoms with E-state index < -0.39 is 0 Å². The van der Waals surface area contributed by atoms with Crippen LogP contribution >= 0.6 is 15.9 Å². The van der Waals surface area contributed by atoms with Gasteiger partial charge in [-0.15, -0.1) is 0 Å². The number of nitrogens with one attached hydrogen (secondary N) is 1. The van der Waals surface area contributed by atoms with Gasteiger partial charge in [0, 0.05) is 4.47 Å². The molecule has 0 amide bonds. The summed E-state index contributed by atoms with van der Waals surface area (Å²) in [6, 6.07) is 8.07. The van der Waals surface area contributed by atoms with Crippen LogP contribution in [-0.4, -0.2) is 26.2 Å². The molecule has 0 bridgehead atoms.